The fourth-order valence-electron chi connectivity index (χ4n) is 1.49. The van der Waals surface area contributed by atoms with Crippen LogP contribution in [0.25, 0.3) is 0 Å². The molecule has 0 spiro atoms. The zero-order valence-corrected chi connectivity index (χ0v) is 9.64. The molecule has 16 heavy (non-hydrogen) atoms. The van der Waals surface area contributed by atoms with E-state index in [1.54, 1.807) is 19.1 Å². The van der Waals surface area contributed by atoms with Gasteiger partial charge in [0.25, 0.3) is 5.69 Å². The summed E-state index contributed by atoms with van der Waals surface area (Å²) >= 11 is 0. The van der Waals surface area contributed by atoms with Gasteiger partial charge < -0.3 is 10.6 Å². The Morgan fingerprint density at radius 2 is 2.19 bits per heavy atom. The molecule has 0 aliphatic carbocycles. The van der Waals surface area contributed by atoms with E-state index in [-0.39, 0.29) is 10.6 Å². The van der Waals surface area contributed by atoms with Crippen molar-refractivity contribution >= 4 is 11.4 Å². The van der Waals surface area contributed by atoms with E-state index in [2.05, 4.69) is 0 Å². The Hall–Kier alpha value is -1.62. The Bertz CT molecular complexity index is 379. The number of nitro groups is 1. The van der Waals surface area contributed by atoms with Crippen LogP contribution in [-0.2, 0) is 0 Å². The third-order valence-electron chi connectivity index (χ3n) is 2.53. The first kappa shape index (κ1) is 12.4. The summed E-state index contributed by atoms with van der Waals surface area (Å²) in [5, 5.41) is 10.8. The predicted molar refractivity (Wildman–Crippen MR) is 64.8 cm³/mol. The minimum absolute atomic E-state index is 0.164. The van der Waals surface area contributed by atoms with Crippen molar-refractivity contribution in [3.05, 3.63) is 33.9 Å². The summed E-state index contributed by atoms with van der Waals surface area (Å²) in [7, 11) is 1.91. The van der Waals surface area contributed by atoms with Crippen LogP contribution in [0, 0.1) is 17.0 Å². The molecular weight excluding hydrogens is 206 g/mol. The molecule has 1 aromatic carbocycles. The second-order valence-corrected chi connectivity index (χ2v) is 3.79. The fraction of sp³-hybridized carbons (Fsp3) is 0.455. The standard InChI is InChI=1S/C11H17N3O2/c1-9-4-5-10(8-11(9)14(15)16)13(2)7-3-6-12/h4-5,8H,3,6-7,12H2,1-2H3. The van der Waals surface area contributed by atoms with E-state index in [0.717, 1.165) is 18.7 Å². The zero-order valence-electron chi connectivity index (χ0n) is 9.64. The molecule has 0 saturated carbocycles. The number of nitro benzene ring substituents is 1. The molecule has 0 saturated heterocycles. The van der Waals surface area contributed by atoms with Gasteiger partial charge in [0.2, 0.25) is 0 Å². The molecular formula is C11H17N3O2. The van der Waals surface area contributed by atoms with Crippen LogP contribution in [0.1, 0.15) is 12.0 Å². The van der Waals surface area contributed by atoms with Crippen molar-refractivity contribution in [3.63, 3.8) is 0 Å². The number of rotatable bonds is 5. The molecule has 0 aliphatic rings. The number of nitrogens with zero attached hydrogens (tertiary/aromatic N) is 2. The van der Waals surface area contributed by atoms with Crippen LogP contribution >= 0.6 is 0 Å². The van der Waals surface area contributed by atoms with E-state index >= 15 is 0 Å². The van der Waals surface area contributed by atoms with E-state index in [1.807, 2.05) is 18.0 Å². The maximum Gasteiger partial charge on any atom is 0.274 e. The predicted octanol–water partition coefficient (Wildman–Crippen LogP) is 1.69. The lowest BCUT2D eigenvalue weighted by atomic mass is 10.1. The molecule has 5 heteroatoms. The van der Waals surface area contributed by atoms with Gasteiger partial charge in [0.05, 0.1) is 4.92 Å². The molecule has 88 valence electrons. The minimum Gasteiger partial charge on any atom is -0.374 e. The molecule has 0 heterocycles. The van der Waals surface area contributed by atoms with Gasteiger partial charge in [-0.2, -0.15) is 0 Å². The molecule has 1 rings (SSSR count). The van der Waals surface area contributed by atoms with Crippen LogP contribution in [-0.4, -0.2) is 25.1 Å². The highest BCUT2D eigenvalue weighted by atomic mass is 16.6. The summed E-state index contributed by atoms with van der Waals surface area (Å²) in [6, 6.07) is 5.26. The Morgan fingerprint density at radius 1 is 1.50 bits per heavy atom. The lowest BCUT2D eigenvalue weighted by molar-refractivity contribution is -0.385. The minimum atomic E-state index is -0.352. The van der Waals surface area contributed by atoms with Crippen molar-refractivity contribution in [1.82, 2.24) is 0 Å². The number of hydrogen-bond donors (Lipinski definition) is 1. The molecule has 2 N–H and O–H groups in total. The van der Waals surface area contributed by atoms with Gasteiger partial charge in [0, 0.05) is 30.9 Å². The topological polar surface area (TPSA) is 72.4 Å². The van der Waals surface area contributed by atoms with E-state index in [9.17, 15) is 10.1 Å². The number of anilines is 1. The average Bonchev–Trinajstić information content (AvgIpc) is 2.26. The van der Waals surface area contributed by atoms with Crippen LogP contribution in [0.3, 0.4) is 0 Å². The summed E-state index contributed by atoms with van der Waals surface area (Å²) in [5.41, 5.74) is 7.12. The quantitative estimate of drug-likeness (QED) is 0.609. The first-order valence-corrected chi connectivity index (χ1v) is 5.22. The number of benzene rings is 1. The van der Waals surface area contributed by atoms with Gasteiger partial charge in [-0.15, -0.1) is 0 Å². The fourth-order valence-corrected chi connectivity index (χ4v) is 1.49. The normalized spacial score (nSPS) is 10.2. The van der Waals surface area contributed by atoms with Crippen molar-refractivity contribution < 1.29 is 4.92 Å². The van der Waals surface area contributed by atoms with Crippen LogP contribution < -0.4 is 10.6 Å². The molecule has 1 aromatic rings. The van der Waals surface area contributed by atoms with Crippen LogP contribution in [0.5, 0.6) is 0 Å². The lowest BCUT2D eigenvalue weighted by Gasteiger charge is -2.18. The number of nitrogens with two attached hydrogens (primary N) is 1. The monoisotopic (exact) mass is 223 g/mol. The van der Waals surface area contributed by atoms with Gasteiger partial charge in [0.15, 0.2) is 0 Å². The molecule has 5 nitrogen and oxygen atoms in total. The van der Waals surface area contributed by atoms with Crippen molar-refractivity contribution in [2.24, 2.45) is 5.73 Å². The van der Waals surface area contributed by atoms with E-state index in [4.69, 9.17) is 5.73 Å². The maximum atomic E-state index is 10.8. The highest BCUT2D eigenvalue weighted by molar-refractivity contribution is 5.56. The van der Waals surface area contributed by atoms with Crippen molar-refractivity contribution in [3.8, 4) is 0 Å². The van der Waals surface area contributed by atoms with Gasteiger partial charge in [-0.3, -0.25) is 10.1 Å². The highest BCUT2D eigenvalue weighted by Gasteiger charge is 2.12. The van der Waals surface area contributed by atoms with Gasteiger partial charge >= 0.3 is 0 Å². The van der Waals surface area contributed by atoms with Gasteiger partial charge in [-0.25, -0.2) is 0 Å². The summed E-state index contributed by atoms with van der Waals surface area (Å²) < 4.78 is 0. The van der Waals surface area contributed by atoms with Crippen LogP contribution in [0.4, 0.5) is 11.4 Å². The molecule has 0 radical (unpaired) electrons. The van der Waals surface area contributed by atoms with Gasteiger partial charge in [0.1, 0.15) is 0 Å². The van der Waals surface area contributed by atoms with E-state index in [0.29, 0.717) is 12.1 Å². The molecule has 0 atom stereocenters. The van der Waals surface area contributed by atoms with Crippen LogP contribution in [0.2, 0.25) is 0 Å². The largest absolute Gasteiger partial charge is 0.374 e. The van der Waals surface area contributed by atoms with Gasteiger partial charge in [-0.1, -0.05) is 6.07 Å². The average molecular weight is 223 g/mol. The zero-order chi connectivity index (χ0) is 12.1. The van der Waals surface area contributed by atoms with Crippen molar-refractivity contribution in [2.45, 2.75) is 13.3 Å². The number of aryl methyl sites for hydroxylation is 1. The molecule has 0 bridgehead atoms. The third kappa shape index (κ3) is 2.93. The lowest BCUT2D eigenvalue weighted by Crippen LogP contribution is -2.21. The Labute approximate surface area is 95.0 Å². The maximum absolute atomic E-state index is 10.8. The Kier molecular flexibility index (Phi) is 4.25. The SMILES string of the molecule is Cc1ccc(N(C)CCCN)cc1[N+](=O)[O-]. The van der Waals surface area contributed by atoms with Crippen LogP contribution in [0.15, 0.2) is 18.2 Å². The first-order valence-electron chi connectivity index (χ1n) is 5.22. The Balaban J connectivity index is 2.89. The second-order valence-electron chi connectivity index (χ2n) is 3.79. The number of hydrogen-bond acceptors (Lipinski definition) is 4. The highest BCUT2D eigenvalue weighted by Crippen LogP contribution is 2.24. The van der Waals surface area contributed by atoms with E-state index < -0.39 is 0 Å². The van der Waals surface area contributed by atoms with Gasteiger partial charge in [-0.05, 0) is 26.0 Å². The summed E-state index contributed by atoms with van der Waals surface area (Å²) in [4.78, 5) is 12.4. The first-order chi connectivity index (χ1) is 7.56. The molecule has 0 aliphatic heterocycles. The molecule has 0 unspecified atom stereocenters. The summed E-state index contributed by atoms with van der Waals surface area (Å²) in [6.45, 7) is 3.16. The Morgan fingerprint density at radius 3 is 2.75 bits per heavy atom. The second kappa shape index (κ2) is 5.46. The molecule has 0 fully saturated rings. The van der Waals surface area contributed by atoms with Crippen molar-refractivity contribution in [1.29, 1.82) is 0 Å². The third-order valence-corrected chi connectivity index (χ3v) is 2.53. The summed E-state index contributed by atoms with van der Waals surface area (Å²) in [6.07, 6.45) is 0.873. The van der Waals surface area contributed by atoms with E-state index in [1.165, 1.54) is 0 Å². The molecule has 0 amide bonds. The summed E-state index contributed by atoms with van der Waals surface area (Å²) in [5.74, 6) is 0. The van der Waals surface area contributed by atoms with Crippen molar-refractivity contribution in [2.75, 3.05) is 25.0 Å². The molecule has 0 aromatic heterocycles. The smallest absolute Gasteiger partial charge is 0.274 e.